The van der Waals surface area contributed by atoms with Crippen LogP contribution >= 0.6 is 0 Å². The first-order valence-electron chi connectivity index (χ1n) is 5.82. The van der Waals surface area contributed by atoms with Crippen LogP contribution < -0.4 is 15.4 Å². The molecule has 6 heteroatoms. The Morgan fingerprint density at radius 3 is 2.26 bits per heavy atom. The molecule has 1 aromatic rings. The van der Waals surface area contributed by atoms with Crippen molar-refractivity contribution in [1.29, 1.82) is 0 Å². The molecule has 0 unspecified atom stereocenters. The summed E-state index contributed by atoms with van der Waals surface area (Å²) in [5.41, 5.74) is 0.275. The number of carboxylic acids is 1. The number of carbonyl (C=O) groups is 2. The van der Waals surface area contributed by atoms with Gasteiger partial charge in [-0.2, -0.15) is 0 Å². The summed E-state index contributed by atoms with van der Waals surface area (Å²) < 4.78 is 5.63. The molecule has 0 radical (unpaired) electrons. The Bertz CT molecular complexity index is 449. The van der Waals surface area contributed by atoms with Crippen LogP contribution in [-0.2, 0) is 4.79 Å². The van der Waals surface area contributed by atoms with E-state index in [4.69, 9.17) is 9.84 Å². The molecule has 0 heterocycles. The zero-order valence-electron chi connectivity index (χ0n) is 11.2. The molecule has 6 nitrogen and oxygen atoms in total. The molecule has 0 fully saturated rings. The van der Waals surface area contributed by atoms with Gasteiger partial charge in [0.15, 0.2) is 0 Å². The van der Waals surface area contributed by atoms with Crippen LogP contribution in [0.25, 0.3) is 0 Å². The summed E-state index contributed by atoms with van der Waals surface area (Å²) in [4.78, 5) is 21.6. The summed E-state index contributed by atoms with van der Waals surface area (Å²) in [7, 11) is 0. The number of amides is 2. The highest BCUT2D eigenvalue weighted by molar-refractivity contribution is 5.91. The van der Waals surface area contributed by atoms with Crippen molar-refractivity contribution in [3.05, 3.63) is 24.3 Å². The topological polar surface area (TPSA) is 87.7 Å². The molecule has 0 aromatic heterocycles. The van der Waals surface area contributed by atoms with Gasteiger partial charge >= 0.3 is 12.0 Å². The van der Waals surface area contributed by atoms with Crippen LogP contribution in [0, 0.1) is 0 Å². The summed E-state index contributed by atoms with van der Waals surface area (Å²) in [6.45, 7) is 5.41. The van der Waals surface area contributed by atoms with E-state index in [1.54, 1.807) is 24.3 Å². The molecule has 0 saturated carbocycles. The lowest BCUT2D eigenvalue weighted by atomic mass is 10.2. The van der Waals surface area contributed by atoms with Crippen molar-refractivity contribution in [3.8, 4) is 5.75 Å². The second-order valence-corrected chi connectivity index (χ2v) is 4.94. The average Bonchev–Trinajstić information content (AvgIpc) is 2.27. The van der Waals surface area contributed by atoms with Crippen LogP contribution in [0.2, 0.25) is 0 Å². The summed E-state index contributed by atoms with van der Waals surface area (Å²) in [5.74, 6) is -0.395. The smallest absolute Gasteiger partial charge is 0.323 e. The van der Waals surface area contributed by atoms with Gasteiger partial charge in [-0.1, -0.05) is 0 Å². The van der Waals surface area contributed by atoms with Crippen LogP contribution in [0.4, 0.5) is 10.5 Å². The van der Waals surface area contributed by atoms with Gasteiger partial charge in [0.1, 0.15) is 17.9 Å². The van der Waals surface area contributed by atoms with Crippen molar-refractivity contribution in [2.45, 2.75) is 26.4 Å². The minimum Gasteiger partial charge on any atom is -0.488 e. The largest absolute Gasteiger partial charge is 0.488 e. The Morgan fingerprint density at radius 1 is 1.21 bits per heavy atom. The molecule has 1 aromatic carbocycles. The summed E-state index contributed by atoms with van der Waals surface area (Å²) in [6, 6.07) is 6.27. The number of benzene rings is 1. The Morgan fingerprint density at radius 2 is 1.79 bits per heavy atom. The monoisotopic (exact) mass is 266 g/mol. The number of anilines is 1. The first-order valence-corrected chi connectivity index (χ1v) is 5.82. The molecule has 1 rings (SSSR count). The highest BCUT2D eigenvalue weighted by atomic mass is 16.5. The fourth-order valence-electron chi connectivity index (χ4n) is 1.29. The molecule has 0 saturated heterocycles. The number of nitrogens with one attached hydrogen (secondary N) is 2. The number of hydrogen-bond acceptors (Lipinski definition) is 3. The summed E-state index contributed by atoms with van der Waals surface area (Å²) in [5, 5.41) is 13.1. The van der Waals surface area contributed by atoms with Gasteiger partial charge in [-0.3, -0.25) is 4.79 Å². The highest BCUT2D eigenvalue weighted by Gasteiger charge is 2.11. The fraction of sp³-hybridized carbons (Fsp3) is 0.385. The number of hydrogen-bond donors (Lipinski definition) is 3. The number of ether oxygens (including phenoxy) is 1. The molecule has 2 amide bonds. The van der Waals surface area contributed by atoms with Crippen LogP contribution in [0.15, 0.2) is 24.3 Å². The Labute approximate surface area is 111 Å². The lowest BCUT2D eigenvalue weighted by molar-refractivity contribution is -0.135. The predicted molar refractivity (Wildman–Crippen MR) is 71.5 cm³/mol. The molecular formula is C13H18N2O4. The maximum absolute atomic E-state index is 11.3. The minimum absolute atomic E-state index is 0.284. The third kappa shape index (κ3) is 6.30. The lowest BCUT2D eigenvalue weighted by Gasteiger charge is -2.21. The van der Waals surface area contributed by atoms with E-state index in [-0.39, 0.29) is 5.60 Å². The molecule has 0 spiro atoms. The minimum atomic E-state index is -1.09. The van der Waals surface area contributed by atoms with Crippen LogP contribution in [0.5, 0.6) is 5.75 Å². The van der Waals surface area contributed by atoms with Crippen molar-refractivity contribution >= 4 is 17.7 Å². The van der Waals surface area contributed by atoms with Crippen molar-refractivity contribution < 1.29 is 19.4 Å². The first kappa shape index (κ1) is 14.8. The van der Waals surface area contributed by atoms with Crippen molar-refractivity contribution in [3.63, 3.8) is 0 Å². The van der Waals surface area contributed by atoms with Crippen LogP contribution in [0.1, 0.15) is 20.8 Å². The van der Waals surface area contributed by atoms with Gasteiger partial charge in [-0.05, 0) is 45.0 Å². The van der Waals surface area contributed by atoms with E-state index in [0.717, 1.165) is 0 Å². The molecule has 0 aliphatic carbocycles. The second-order valence-electron chi connectivity index (χ2n) is 4.94. The van der Waals surface area contributed by atoms with Gasteiger partial charge in [-0.25, -0.2) is 4.79 Å². The molecule has 104 valence electrons. The van der Waals surface area contributed by atoms with Gasteiger partial charge in [0.2, 0.25) is 0 Å². The molecule has 0 aliphatic heterocycles. The molecular weight excluding hydrogens is 248 g/mol. The molecule has 0 atom stereocenters. The second kappa shape index (κ2) is 6.08. The van der Waals surface area contributed by atoms with Gasteiger partial charge in [0.25, 0.3) is 0 Å². The number of carboxylic acid groups (broad SMARTS) is 1. The molecule has 0 bridgehead atoms. The number of urea groups is 1. The van der Waals surface area contributed by atoms with E-state index >= 15 is 0 Å². The SMILES string of the molecule is CC(C)(C)Oc1ccc(NC(=O)NCC(=O)O)cc1. The standard InChI is InChI=1S/C13H18N2O4/c1-13(2,3)19-10-6-4-9(5-7-10)15-12(18)14-8-11(16)17/h4-7H,8H2,1-3H3,(H,16,17)(H2,14,15,18). The fourth-order valence-corrected chi connectivity index (χ4v) is 1.29. The van der Waals surface area contributed by atoms with Crippen molar-refractivity contribution in [1.82, 2.24) is 5.32 Å². The zero-order valence-corrected chi connectivity index (χ0v) is 11.2. The maximum atomic E-state index is 11.3. The quantitative estimate of drug-likeness (QED) is 0.778. The third-order valence-electron chi connectivity index (χ3n) is 1.94. The van der Waals surface area contributed by atoms with Gasteiger partial charge < -0.3 is 20.5 Å². The van der Waals surface area contributed by atoms with E-state index in [0.29, 0.717) is 11.4 Å². The highest BCUT2D eigenvalue weighted by Crippen LogP contribution is 2.20. The predicted octanol–water partition coefficient (Wildman–Crippen LogP) is 2.07. The van der Waals surface area contributed by atoms with E-state index in [2.05, 4.69) is 10.6 Å². The van der Waals surface area contributed by atoms with Crippen LogP contribution in [0.3, 0.4) is 0 Å². The molecule has 3 N–H and O–H groups in total. The lowest BCUT2D eigenvalue weighted by Crippen LogP contribution is -2.33. The molecule has 19 heavy (non-hydrogen) atoms. The Hall–Kier alpha value is -2.24. The number of carbonyl (C=O) groups excluding carboxylic acids is 1. The van der Waals surface area contributed by atoms with Crippen LogP contribution in [-0.4, -0.2) is 29.3 Å². The van der Waals surface area contributed by atoms with E-state index in [9.17, 15) is 9.59 Å². The maximum Gasteiger partial charge on any atom is 0.323 e. The van der Waals surface area contributed by atoms with E-state index < -0.39 is 18.5 Å². The van der Waals surface area contributed by atoms with Gasteiger partial charge in [0, 0.05) is 5.69 Å². The Balaban J connectivity index is 2.52. The van der Waals surface area contributed by atoms with Crippen molar-refractivity contribution in [2.75, 3.05) is 11.9 Å². The molecule has 0 aliphatic rings. The van der Waals surface area contributed by atoms with E-state index in [1.807, 2.05) is 20.8 Å². The van der Waals surface area contributed by atoms with Gasteiger partial charge in [-0.15, -0.1) is 0 Å². The van der Waals surface area contributed by atoms with E-state index in [1.165, 1.54) is 0 Å². The average molecular weight is 266 g/mol. The Kier molecular flexibility index (Phi) is 4.74. The van der Waals surface area contributed by atoms with Crippen molar-refractivity contribution in [2.24, 2.45) is 0 Å². The number of rotatable bonds is 4. The first-order chi connectivity index (χ1) is 8.76. The number of aliphatic carboxylic acids is 1. The summed E-state index contributed by atoms with van der Waals surface area (Å²) in [6.07, 6.45) is 0. The summed E-state index contributed by atoms with van der Waals surface area (Å²) >= 11 is 0. The third-order valence-corrected chi connectivity index (χ3v) is 1.94. The van der Waals surface area contributed by atoms with Gasteiger partial charge in [0.05, 0.1) is 0 Å². The zero-order chi connectivity index (χ0) is 14.5. The normalized spacial score (nSPS) is 10.7.